The molecule has 4 aromatic rings. The van der Waals surface area contributed by atoms with Crippen molar-refractivity contribution in [3.63, 3.8) is 0 Å². The molecule has 2 aliphatic heterocycles. The van der Waals surface area contributed by atoms with Gasteiger partial charge in [-0.25, -0.2) is 9.78 Å². The van der Waals surface area contributed by atoms with Crippen LogP contribution in [0, 0.1) is 5.92 Å². The molecule has 274 valence electrons. The van der Waals surface area contributed by atoms with E-state index in [-0.39, 0.29) is 42.9 Å². The summed E-state index contributed by atoms with van der Waals surface area (Å²) >= 11 is 14.3. The van der Waals surface area contributed by atoms with Crippen molar-refractivity contribution in [2.24, 2.45) is 5.92 Å². The predicted molar refractivity (Wildman–Crippen MR) is 203 cm³/mol. The van der Waals surface area contributed by atoms with E-state index in [1.165, 1.54) is 17.6 Å². The number of halogens is 2. The summed E-state index contributed by atoms with van der Waals surface area (Å²) < 4.78 is 11.5. The van der Waals surface area contributed by atoms with Gasteiger partial charge in [-0.2, -0.15) is 0 Å². The first-order valence-electron chi connectivity index (χ1n) is 17.5. The van der Waals surface area contributed by atoms with Gasteiger partial charge in [0, 0.05) is 72.0 Å². The second-order valence-electron chi connectivity index (χ2n) is 13.8. The summed E-state index contributed by atoms with van der Waals surface area (Å²) in [7, 11) is 3.17. The van der Waals surface area contributed by atoms with Gasteiger partial charge in [0.1, 0.15) is 5.75 Å². The van der Waals surface area contributed by atoms with E-state index in [1.54, 1.807) is 19.2 Å². The molecule has 2 amide bonds. The number of hydrogen-bond acceptors (Lipinski definition) is 7. The molecule has 1 saturated heterocycles. The third-order valence-electron chi connectivity index (χ3n) is 9.98. The molecule has 2 unspecified atom stereocenters. The van der Waals surface area contributed by atoms with Crippen molar-refractivity contribution in [3.8, 4) is 45.1 Å². The Hall–Kier alpha value is -4.35. The fourth-order valence-corrected chi connectivity index (χ4v) is 7.63. The number of nitrogens with one attached hydrogen (secondary N) is 1. The van der Waals surface area contributed by atoms with Crippen LogP contribution < -0.4 is 14.8 Å². The first-order valence-corrected chi connectivity index (χ1v) is 18.2. The van der Waals surface area contributed by atoms with E-state index >= 15 is 0 Å². The topological polar surface area (TPSA) is 124 Å². The number of aromatic nitrogens is 1. The molecule has 52 heavy (non-hydrogen) atoms. The Kier molecular flexibility index (Phi) is 11.6. The highest BCUT2D eigenvalue weighted by Crippen LogP contribution is 2.44. The number of hydrogen-bond donors (Lipinski definition) is 3. The minimum atomic E-state index is -1.10. The van der Waals surface area contributed by atoms with Crippen LogP contribution in [-0.2, 0) is 24.3 Å². The second-order valence-corrected chi connectivity index (χ2v) is 14.5. The average Bonchev–Trinajstić information content (AvgIpc) is 3.55. The normalized spacial score (nSPS) is 16.4. The Morgan fingerprint density at radius 3 is 2.33 bits per heavy atom. The van der Waals surface area contributed by atoms with E-state index in [4.69, 9.17) is 37.7 Å². The van der Waals surface area contributed by atoms with Crippen molar-refractivity contribution in [1.29, 1.82) is 0 Å². The molecule has 1 fully saturated rings. The van der Waals surface area contributed by atoms with Crippen LogP contribution in [-0.4, -0.2) is 83.0 Å². The number of benzene rings is 3. The van der Waals surface area contributed by atoms with Crippen LogP contribution in [0.5, 0.6) is 11.6 Å². The van der Waals surface area contributed by atoms with E-state index < -0.39 is 6.09 Å². The van der Waals surface area contributed by atoms with Crippen molar-refractivity contribution < 1.29 is 29.3 Å². The quantitative estimate of drug-likeness (QED) is 0.136. The minimum absolute atomic E-state index is 0.0430. The number of carboxylic acid groups (broad SMARTS) is 1. The summed E-state index contributed by atoms with van der Waals surface area (Å²) in [4.78, 5) is 32.0. The number of ether oxygens (including phenoxy) is 2. The highest BCUT2D eigenvalue weighted by atomic mass is 35.5. The molecule has 0 spiro atoms. The van der Waals surface area contributed by atoms with Crippen LogP contribution in [0.3, 0.4) is 0 Å². The number of pyridine rings is 1. The number of aliphatic hydroxyl groups excluding tert-OH is 1. The first-order chi connectivity index (χ1) is 25.0. The molecule has 12 heteroatoms. The third-order valence-corrected chi connectivity index (χ3v) is 10.8. The lowest BCUT2D eigenvalue weighted by Crippen LogP contribution is -2.41. The number of rotatable bonds is 12. The van der Waals surface area contributed by atoms with Crippen LogP contribution in [0.1, 0.15) is 43.4 Å². The number of methoxy groups -OCH3 is 2. The maximum Gasteiger partial charge on any atom is 0.407 e. The molecule has 10 nitrogen and oxygen atoms in total. The number of carbonyl (C=O) groups excluding carboxylic acids is 1. The van der Waals surface area contributed by atoms with Gasteiger partial charge in [-0.05, 0) is 48.1 Å². The van der Waals surface area contributed by atoms with E-state index in [2.05, 4.69) is 16.3 Å². The van der Waals surface area contributed by atoms with Gasteiger partial charge in [0.05, 0.1) is 42.6 Å². The Morgan fingerprint density at radius 1 is 1.00 bits per heavy atom. The van der Waals surface area contributed by atoms with Gasteiger partial charge in [0.2, 0.25) is 11.8 Å². The van der Waals surface area contributed by atoms with Crippen LogP contribution in [0.4, 0.5) is 4.79 Å². The van der Waals surface area contributed by atoms with Crippen LogP contribution in [0.25, 0.3) is 33.5 Å². The molecule has 0 radical (unpaired) electrons. The number of aliphatic hydroxyl groups is 1. The lowest BCUT2D eigenvalue weighted by atomic mass is 9.91. The zero-order valence-corrected chi connectivity index (χ0v) is 31.3. The molecule has 0 saturated carbocycles. The molecule has 3 aromatic carbocycles. The number of β-amino-alcohol motifs (C(OH)–C–C–N with tert-alkyl or cyclic N) is 1. The van der Waals surface area contributed by atoms with Gasteiger partial charge in [-0.3, -0.25) is 9.69 Å². The minimum Gasteiger partial charge on any atom is -0.496 e. The Labute approximate surface area is 314 Å². The van der Waals surface area contributed by atoms with Gasteiger partial charge in [0.15, 0.2) is 0 Å². The van der Waals surface area contributed by atoms with Gasteiger partial charge in [0.25, 0.3) is 0 Å². The lowest BCUT2D eigenvalue weighted by molar-refractivity contribution is -0.119. The van der Waals surface area contributed by atoms with E-state index in [0.717, 1.165) is 46.5 Å². The molecule has 6 rings (SSSR count). The summed E-state index contributed by atoms with van der Waals surface area (Å²) in [5.74, 6) is 1.19. The standard InChI is InChI=1S/C40H44Cl2N4O6/c1-23(2)34(47)22-45-16-15-24-17-26(18-35(51-3)32(24)21-45)28-7-5-8-29(37(28)41)30-9-6-10-31(38(30)42)33-13-11-25(39(44-33)52-4)19-46(40(49)50)20-27-12-14-36(48)43-27/h5-11,13,17-18,23,27,34,47H,12,14-16,19-22H2,1-4H3,(H,43,48)(H,49,50). The Morgan fingerprint density at radius 2 is 1.69 bits per heavy atom. The first kappa shape index (κ1) is 37.4. The molecule has 3 N–H and O–H groups in total. The monoisotopic (exact) mass is 746 g/mol. The number of fused-ring (bicyclic) bond motifs is 1. The van der Waals surface area contributed by atoms with Crippen molar-refractivity contribution in [2.45, 2.75) is 58.3 Å². The van der Waals surface area contributed by atoms with Crippen molar-refractivity contribution in [3.05, 3.63) is 87.4 Å². The van der Waals surface area contributed by atoms with E-state index in [9.17, 15) is 19.8 Å². The largest absolute Gasteiger partial charge is 0.496 e. The lowest BCUT2D eigenvalue weighted by Gasteiger charge is -2.32. The SMILES string of the molecule is COc1cc(-c2cccc(-c3cccc(-c4ccc(CN(CC5CCC(=O)N5)C(=O)O)c(OC)n4)c3Cl)c2Cl)cc2c1CN(CC(O)C(C)C)CC2. The zero-order valence-electron chi connectivity index (χ0n) is 29.8. The van der Waals surface area contributed by atoms with Crippen LogP contribution >= 0.6 is 23.2 Å². The van der Waals surface area contributed by atoms with Crippen LogP contribution in [0.15, 0.2) is 60.7 Å². The molecule has 0 bridgehead atoms. The van der Waals surface area contributed by atoms with Crippen molar-refractivity contribution in [1.82, 2.24) is 20.1 Å². The summed E-state index contributed by atoms with van der Waals surface area (Å²) in [5.41, 5.74) is 7.42. The summed E-state index contributed by atoms with van der Waals surface area (Å²) in [5, 5.41) is 24.2. The van der Waals surface area contributed by atoms with Crippen molar-refractivity contribution >= 4 is 35.2 Å². The molecule has 0 aliphatic carbocycles. The van der Waals surface area contributed by atoms with E-state index in [1.807, 2.05) is 56.3 Å². The maximum absolute atomic E-state index is 12.1. The average molecular weight is 748 g/mol. The fraction of sp³-hybridized carbons (Fsp3) is 0.375. The second kappa shape index (κ2) is 16.1. The van der Waals surface area contributed by atoms with Crippen molar-refractivity contribution in [2.75, 3.05) is 33.9 Å². The third kappa shape index (κ3) is 8.00. The van der Waals surface area contributed by atoms with Gasteiger partial charge in [-0.15, -0.1) is 0 Å². The van der Waals surface area contributed by atoms with E-state index in [0.29, 0.717) is 52.8 Å². The number of carbonyl (C=O) groups is 2. The summed E-state index contributed by atoms with van der Waals surface area (Å²) in [6.07, 6.45) is 0.327. The van der Waals surface area contributed by atoms with Gasteiger partial charge < -0.3 is 29.9 Å². The Balaban J connectivity index is 1.28. The highest BCUT2D eigenvalue weighted by molar-refractivity contribution is 6.39. The molecule has 3 heterocycles. The number of nitrogens with zero attached hydrogens (tertiary/aromatic N) is 3. The maximum atomic E-state index is 12.1. The molecular weight excluding hydrogens is 703 g/mol. The highest BCUT2D eigenvalue weighted by Gasteiger charge is 2.27. The summed E-state index contributed by atoms with van der Waals surface area (Å²) in [6.45, 7) is 6.44. The zero-order chi connectivity index (χ0) is 37.1. The van der Waals surface area contributed by atoms with Crippen LogP contribution in [0.2, 0.25) is 10.0 Å². The Bertz CT molecular complexity index is 1950. The smallest absolute Gasteiger partial charge is 0.407 e. The van der Waals surface area contributed by atoms with Gasteiger partial charge in [-0.1, -0.05) is 79.5 Å². The molecule has 2 aliphatic rings. The molecule has 2 atom stereocenters. The fourth-order valence-electron chi connectivity index (χ4n) is 6.97. The number of amides is 2. The molecule has 1 aromatic heterocycles. The summed E-state index contributed by atoms with van der Waals surface area (Å²) in [6, 6.07) is 19.1. The predicted octanol–water partition coefficient (Wildman–Crippen LogP) is 7.54. The molecular formula is C40H44Cl2N4O6. The van der Waals surface area contributed by atoms with Gasteiger partial charge >= 0.3 is 6.09 Å².